The predicted octanol–water partition coefficient (Wildman–Crippen LogP) is 6.02. The van der Waals surface area contributed by atoms with E-state index < -0.39 is 12.1 Å². The summed E-state index contributed by atoms with van der Waals surface area (Å²) in [5.41, 5.74) is 11.1. The van der Waals surface area contributed by atoms with Crippen molar-refractivity contribution in [2.24, 2.45) is 5.73 Å². The summed E-state index contributed by atoms with van der Waals surface area (Å²) < 4.78 is 6.19. The van der Waals surface area contributed by atoms with Gasteiger partial charge in [0.2, 0.25) is 5.91 Å². The van der Waals surface area contributed by atoms with Gasteiger partial charge in [-0.15, -0.1) is 5.10 Å². The monoisotopic (exact) mass is 614 g/mol. The second-order valence-electron chi connectivity index (χ2n) is 9.47. The molecule has 5 N–H and O–H groups in total. The third-order valence-electron chi connectivity index (χ3n) is 6.10. The van der Waals surface area contributed by atoms with Crippen LogP contribution < -0.4 is 21.7 Å². The number of halogens is 1. The zero-order chi connectivity index (χ0) is 32.1. The summed E-state index contributed by atoms with van der Waals surface area (Å²) in [5.74, 6) is -0.338. The molecule has 228 valence electrons. The van der Waals surface area contributed by atoms with Gasteiger partial charge in [0.25, 0.3) is 0 Å². The zero-order valence-electron chi connectivity index (χ0n) is 24.8. The van der Waals surface area contributed by atoms with E-state index in [0.29, 0.717) is 50.9 Å². The number of aromatic nitrogens is 4. The normalized spacial score (nSPS) is 12.4. The van der Waals surface area contributed by atoms with Crippen molar-refractivity contribution >= 4 is 46.6 Å². The van der Waals surface area contributed by atoms with E-state index in [-0.39, 0.29) is 5.91 Å². The van der Waals surface area contributed by atoms with Crippen LogP contribution in [0.5, 0.6) is 0 Å². The summed E-state index contributed by atoms with van der Waals surface area (Å²) in [6.45, 7) is 11.9. The summed E-state index contributed by atoms with van der Waals surface area (Å²) in [5, 5.41) is 20.7. The number of allylic oxidation sites excluding steroid dienone is 4. The smallest absolute Gasteiger partial charge is 0.411 e. The van der Waals surface area contributed by atoms with Gasteiger partial charge >= 0.3 is 6.09 Å². The van der Waals surface area contributed by atoms with Crippen molar-refractivity contribution in [1.29, 1.82) is 0 Å². The van der Waals surface area contributed by atoms with Crippen LogP contribution in [-0.2, 0) is 9.53 Å². The lowest BCUT2D eigenvalue weighted by Crippen LogP contribution is -2.34. The molecule has 0 saturated heterocycles. The first-order chi connectivity index (χ1) is 21.1. The van der Waals surface area contributed by atoms with Crippen LogP contribution >= 0.6 is 11.6 Å². The molecule has 0 spiro atoms. The Kier molecular flexibility index (Phi) is 12.2. The quantitative estimate of drug-likeness (QED) is 0.104. The van der Waals surface area contributed by atoms with Crippen LogP contribution in [-0.4, -0.2) is 45.4 Å². The maximum Gasteiger partial charge on any atom is 0.411 e. The minimum Gasteiger partial charge on any atom is -0.453 e. The molecule has 12 heteroatoms. The van der Waals surface area contributed by atoms with Crippen LogP contribution in [0.2, 0.25) is 5.02 Å². The molecule has 0 saturated carbocycles. The van der Waals surface area contributed by atoms with Crippen LogP contribution in [0.3, 0.4) is 0 Å². The first-order valence-electron chi connectivity index (χ1n) is 13.5. The summed E-state index contributed by atoms with van der Waals surface area (Å²) in [7, 11) is 1.29. The Hall–Kier alpha value is -5.42. The van der Waals surface area contributed by atoms with Gasteiger partial charge in [-0.25, -0.2) is 4.79 Å². The molecule has 0 radical (unpaired) electrons. The topological polar surface area (TPSA) is 149 Å². The lowest BCUT2D eigenvalue weighted by Gasteiger charge is -2.19. The van der Waals surface area contributed by atoms with Crippen molar-refractivity contribution in [3.8, 4) is 5.69 Å². The highest BCUT2D eigenvalue weighted by Gasteiger charge is 2.15. The minimum atomic E-state index is -0.594. The molecule has 0 fully saturated rings. The highest BCUT2D eigenvalue weighted by atomic mass is 35.5. The third kappa shape index (κ3) is 9.57. The lowest BCUT2D eigenvalue weighted by atomic mass is 9.96. The van der Waals surface area contributed by atoms with Crippen LogP contribution in [0.25, 0.3) is 17.3 Å². The maximum absolute atomic E-state index is 13.1. The number of rotatable bonds is 13. The number of ether oxygens (including phenoxy) is 1. The number of carbonyl (C=O) groups excluding carboxylic acids is 2. The fourth-order valence-corrected chi connectivity index (χ4v) is 4.28. The van der Waals surface area contributed by atoms with E-state index in [1.54, 1.807) is 42.5 Å². The standard InChI is InChI=1S/C32H35ClN8O3/c1-6-7-8-28(38-31(42)14-9-24-18-25(33)10-13-30(24)41-20-35-39-40-41)22(4)17-23(15-16-34)27-12-11-26(37-32(43)44-5)19-29(27)36-21(2)3/h6-7,9-20,28,36H,2,4,8,34H2,1,3,5H3,(H,37,43)(H,38,42)/b7-6+,14-9+,16-15-,23-17+/t28-/m0/s1. The van der Waals surface area contributed by atoms with Crippen molar-refractivity contribution in [1.82, 2.24) is 25.5 Å². The van der Waals surface area contributed by atoms with E-state index in [0.717, 1.165) is 5.56 Å². The van der Waals surface area contributed by atoms with Gasteiger partial charge in [-0.3, -0.25) is 10.1 Å². The molecule has 3 aromatic rings. The first kappa shape index (κ1) is 33.1. The van der Waals surface area contributed by atoms with Crippen molar-refractivity contribution in [3.05, 3.63) is 120 Å². The number of benzene rings is 2. The molecular formula is C32H35ClN8O3. The molecule has 1 aromatic heterocycles. The number of hydrogen-bond donors (Lipinski definition) is 4. The van der Waals surface area contributed by atoms with E-state index in [9.17, 15) is 9.59 Å². The van der Waals surface area contributed by atoms with E-state index >= 15 is 0 Å². The number of amides is 2. The summed E-state index contributed by atoms with van der Waals surface area (Å²) in [6.07, 6.45) is 13.3. The fourth-order valence-electron chi connectivity index (χ4n) is 4.10. The molecule has 3 rings (SSSR count). The molecule has 0 bridgehead atoms. The molecule has 0 aliphatic rings. The summed E-state index contributed by atoms with van der Waals surface area (Å²) in [4.78, 5) is 24.9. The molecule has 2 aromatic carbocycles. The highest BCUT2D eigenvalue weighted by Crippen LogP contribution is 2.31. The first-order valence-corrected chi connectivity index (χ1v) is 13.9. The largest absolute Gasteiger partial charge is 0.453 e. The molecule has 1 heterocycles. The Morgan fingerprint density at radius 3 is 2.61 bits per heavy atom. The minimum absolute atomic E-state index is 0.338. The van der Waals surface area contributed by atoms with E-state index in [2.05, 4.69) is 44.6 Å². The van der Waals surface area contributed by atoms with E-state index in [4.69, 9.17) is 22.1 Å². The summed E-state index contributed by atoms with van der Waals surface area (Å²) in [6, 6.07) is 10.1. The van der Waals surface area contributed by atoms with Gasteiger partial charge in [0, 0.05) is 39.3 Å². The van der Waals surface area contributed by atoms with Gasteiger partial charge in [-0.05, 0) is 96.6 Å². The Bertz CT molecular complexity index is 1620. The Balaban J connectivity index is 1.91. The van der Waals surface area contributed by atoms with E-state index in [1.807, 2.05) is 38.1 Å². The van der Waals surface area contributed by atoms with Crippen LogP contribution in [0, 0.1) is 0 Å². The van der Waals surface area contributed by atoms with E-state index in [1.165, 1.54) is 30.4 Å². The van der Waals surface area contributed by atoms with Crippen LogP contribution in [0.1, 0.15) is 31.4 Å². The molecule has 2 amide bonds. The molecule has 0 aliphatic carbocycles. The number of carbonyl (C=O) groups is 2. The second kappa shape index (κ2) is 16.3. The Labute approximate surface area is 261 Å². The van der Waals surface area contributed by atoms with Crippen molar-refractivity contribution < 1.29 is 14.3 Å². The van der Waals surface area contributed by atoms with Crippen LogP contribution in [0.15, 0.2) is 104 Å². The van der Waals surface area contributed by atoms with Gasteiger partial charge in [-0.1, -0.05) is 43.0 Å². The van der Waals surface area contributed by atoms with Gasteiger partial charge in [-0.2, -0.15) is 4.68 Å². The fraction of sp³-hybridized carbons (Fsp3) is 0.156. The molecule has 11 nitrogen and oxygen atoms in total. The second-order valence-corrected chi connectivity index (χ2v) is 9.91. The van der Waals surface area contributed by atoms with Crippen molar-refractivity contribution in [3.63, 3.8) is 0 Å². The summed E-state index contributed by atoms with van der Waals surface area (Å²) >= 11 is 6.21. The molecule has 0 aliphatic heterocycles. The lowest BCUT2D eigenvalue weighted by molar-refractivity contribution is -0.116. The zero-order valence-corrected chi connectivity index (χ0v) is 25.5. The number of nitrogens with one attached hydrogen (secondary N) is 3. The number of tetrazole rings is 1. The molecule has 1 atom stereocenters. The molecule has 44 heavy (non-hydrogen) atoms. The molecule has 0 unspecified atom stereocenters. The predicted molar refractivity (Wildman–Crippen MR) is 176 cm³/mol. The third-order valence-corrected chi connectivity index (χ3v) is 6.33. The van der Waals surface area contributed by atoms with Crippen molar-refractivity contribution in [2.45, 2.75) is 26.3 Å². The average molecular weight is 615 g/mol. The molecular weight excluding hydrogens is 580 g/mol. The van der Waals surface area contributed by atoms with Crippen LogP contribution in [0.4, 0.5) is 16.2 Å². The average Bonchev–Trinajstić information content (AvgIpc) is 3.52. The van der Waals surface area contributed by atoms with Crippen molar-refractivity contribution in [2.75, 3.05) is 17.7 Å². The number of hydrogen-bond acceptors (Lipinski definition) is 8. The maximum atomic E-state index is 13.1. The van der Waals surface area contributed by atoms with Gasteiger partial charge < -0.3 is 21.1 Å². The highest BCUT2D eigenvalue weighted by molar-refractivity contribution is 6.30. The van der Waals surface area contributed by atoms with Gasteiger partial charge in [0.1, 0.15) is 6.33 Å². The number of nitrogens with two attached hydrogens (primary N) is 1. The number of methoxy groups -OCH3 is 1. The number of nitrogens with zero attached hydrogens (tertiary/aromatic N) is 4. The Morgan fingerprint density at radius 2 is 1.95 bits per heavy atom. The SMILES string of the molecule is C=C(C)Nc1cc(NC(=O)OC)ccc1C(/C=C\N)=C/C(=C)[C@H](C/C=C/C)NC(=O)/C=C/c1cc(Cl)ccc1-n1cnnn1. The Morgan fingerprint density at radius 1 is 1.16 bits per heavy atom. The van der Waals surface area contributed by atoms with Gasteiger partial charge in [0.15, 0.2) is 0 Å². The van der Waals surface area contributed by atoms with Gasteiger partial charge in [0.05, 0.1) is 18.8 Å². The number of anilines is 2.